The Morgan fingerprint density at radius 2 is 1.90 bits per heavy atom. The normalized spacial score (nSPS) is 15.5. The van der Waals surface area contributed by atoms with Crippen LogP contribution in [-0.4, -0.2) is 78.0 Å². The van der Waals surface area contributed by atoms with Crippen LogP contribution in [0.25, 0.3) is 11.3 Å². The highest BCUT2D eigenvalue weighted by Gasteiger charge is 2.29. The van der Waals surface area contributed by atoms with E-state index in [4.69, 9.17) is 9.47 Å². The molecule has 0 atom stereocenters. The number of nitrogens with zero attached hydrogens (tertiary/aromatic N) is 5. The number of fused-ring (bicyclic) bond motifs is 1. The number of rotatable bonds is 8. The van der Waals surface area contributed by atoms with Crippen molar-refractivity contribution in [2.45, 2.75) is 27.3 Å². The van der Waals surface area contributed by atoms with Crippen molar-refractivity contribution in [2.24, 2.45) is 5.92 Å². The number of aromatic nitrogens is 2. The van der Waals surface area contributed by atoms with Gasteiger partial charge in [0.15, 0.2) is 12.4 Å². The maximum atomic E-state index is 14.8. The number of piperazine rings is 1. The molecule has 1 aromatic heterocycles. The van der Waals surface area contributed by atoms with Gasteiger partial charge in [-0.15, -0.1) is 0 Å². The molecule has 0 unspecified atom stereocenters. The van der Waals surface area contributed by atoms with Crippen molar-refractivity contribution < 1.29 is 27.8 Å². The molecule has 1 N–H and O–H groups in total. The summed E-state index contributed by atoms with van der Waals surface area (Å²) < 4.78 is 39.8. The Morgan fingerprint density at radius 1 is 1.14 bits per heavy atom. The lowest BCUT2D eigenvalue weighted by Crippen LogP contribution is -2.49. The number of hydrogen-bond acceptors (Lipinski definition) is 8. The van der Waals surface area contributed by atoms with Crippen molar-refractivity contribution >= 4 is 29.1 Å². The largest absolute Gasteiger partial charge is 0.496 e. The van der Waals surface area contributed by atoms with Crippen LogP contribution in [0.1, 0.15) is 26.3 Å². The summed E-state index contributed by atoms with van der Waals surface area (Å²) in [5.41, 5.74) is 2.28. The van der Waals surface area contributed by atoms with Gasteiger partial charge in [0.1, 0.15) is 23.0 Å². The van der Waals surface area contributed by atoms with E-state index in [2.05, 4.69) is 20.2 Å². The molecule has 5 rings (SSSR count). The molecule has 0 spiro atoms. The number of amides is 2. The molecule has 1 saturated heterocycles. The molecule has 0 aliphatic carbocycles. The summed E-state index contributed by atoms with van der Waals surface area (Å²) in [5.74, 6) is -0.393. The van der Waals surface area contributed by atoms with Crippen LogP contribution in [0.15, 0.2) is 36.5 Å². The summed E-state index contributed by atoms with van der Waals surface area (Å²) in [5, 5.41) is 3.14. The van der Waals surface area contributed by atoms with E-state index in [0.717, 1.165) is 17.8 Å². The molecule has 3 heterocycles. The van der Waals surface area contributed by atoms with Crippen LogP contribution in [0.3, 0.4) is 0 Å². The molecule has 0 bridgehead atoms. The highest BCUT2D eigenvalue weighted by molar-refractivity contribution is 5.99. The second kappa shape index (κ2) is 12.3. The van der Waals surface area contributed by atoms with Crippen molar-refractivity contribution in [3.8, 4) is 22.8 Å². The van der Waals surface area contributed by atoms with Gasteiger partial charge in [-0.3, -0.25) is 14.5 Å². The number of halogens is 2. The first-order valence-electron chi connectivity index (χ1n) is 13.9. The van der Waals surface area contributed by atoms with Crippen LogP contribution in [0, 0.1) is 17.6 Å². The molecule has 2 aliphatic heterocycles. The Balaban J connectivity index is 1.45. The molecule has 2 aliphatic rings. The first kappa shape index (κ1) is 29.2. The lowest BCUT2D eigenvalue weighted by molar-refractivity contribution is -0.136. The van der Waals surface area contributed by atoms with Crippen molar-refractivity contribution in [2.75, 3.05) is 56.7 Å². The van der Waals surface area contributed by atoms with Gasteiger partial charge in [0.2, 0.25) is 11.9 Å². The predicted molar refractivity (Wildman–Crippen MR) is 154 cm³/mol. The topological polar surface area (TPSA) is 100 Å². The van der Waals surface area contributed by atoms with Gasteiger partial charge in [0.05, 0.1) is 19.0 Å². The zero-order chi connectivity index (χ0) is 30.0. The number of likely N-dealkylation sites (N-methyl/N-ethyl adjacent to an activating group) is 1. The van der Waals surface area contributed by atoms with Gasteiger partial charge in [-0.2, -0.15) is 0 Å². The Morgan fingerprint density at radius 3 is 2.60 bits per heavy atom. The number of hydrogen-bond donors (Lipinski definition) is 1. The van der Waals surface area contributed by atoms with E-state index < -0.39 is 11.6 Å². The van der Waals surface area contributed by atoms with Gasteiger partial charge >= 0.3 is 0 Å². The molecule has 42 heavy (non-hydrogen) atoms. The molecule has 3 aromatic rings. The summed E-state index contributed by atoms with van der Waals surface area (Å²) in [4.78, 5) is 39.4. The fraction of sp³-hybridized carbons (Fsp3) is 0.400. The minimum absolute atomic E-state index is 0.0457. The summed E-state index contributed by atoms with van der Waals surface area (Å²) >= 11 is 0. The summed E-state index contributed by atoms with van der Waals surface area (Å²) in [7, 11) is 1.37. The van der Waals surface area contributed by atoms with Crippen molar-refractivity contribution in [1.82, 2.24) is 19.8 Å². The number of anilines is 3. The molecule has 2 amide bonds. The first-order valence-corrected chi connectivity index (χ1v) is 13.9. The molecular weight excluding hydrogens is 546 g/mol. The number of ether oxygens (including phenoxy) is 2. The SMILES string of the molecule is CCN1C(=O)COc2c(CN3CCN(C(=O)C(C)C)CC3)cc(Nc3ncc(F)c(-c4ccc(F)cc4OC)n3)cc21. The molecular formula is C30H34F2N6O4. The average molecular weight is 581 g/mol. The van der Waals surface area contributed by atoms with Gasteiger partial charge < -0.3 is 24.6 Å². The maximum Gasteiger partial charge on any atom is 0.265 e. The Labute approximate surface area is 243 Å². The second-order valence-corrected chi connectivity index (χ2v) is 10.5. The number of methoxy groups -OCH3 is 1. The summed E-state index contributed by atoms with van der Waals surface area (Å²) in [6.45, 7) is 9.31. The van der Waals surface area contributed by atoms with Crippen LogP contribution >= 0.6 is 0 Å². The molecule has 222 valence electrons. The zero-order valence-electron chi connectivity index (χ0n) is 24.1. The van der Waals surface area contributed by atoms with E-state index in [1.54, 1.807) is 11.0 Å². The maximum absolute atomic E-state index is 14.8. The van der Waals surface area contributed by atoms with Gasteiger partial charge in [-0.1, -0.05) is 13.8 Å². The third-order valence-corrected chi connectivity index (χ3v) is 7.39. The van der Waals surface area contributed by atoms with Gasteiger partial charge in [-0.05, 0) is 31.2 Å². The third-order valence-electron chi connectivity index (χ3n) is 7.39. The van der Waals surface area contributed by atoms with Crippen LogP contribution in [0.2, 0.25) is 0 Å². The van der Waals surface area contributed by atoms with E-state index in [9.17, 15) is 18.4 Å². The van der Waals surface area contributed by atoms with Crippen LogP contribution in [-0.2, 0) is 16.1 Å². The van der Waals surface area contributed by atoms with Gasteiger partial charge in [0, 0.05) is 68.1 Å². The highest BCUT2D eigenvalue weighted by Crippen LogP contribution is 2.40. The van der Waals surface area contributed by atoms with E-state index in [1.165, 1.54) is 19.2 Å². The summed E-state index contributed by atoms with van der Waals surface area (Å²) in [6.07, 6.45) is 1.04. The number of nitrogens with one attached hydrogen (secondary N) is 1. The number of carbonyl (C=O) groups is 2. The van der Waals surface area contributed by atoms with Crippen LogP contribution in [0.5, 0.6) is 11.5 Å². The molecule has 0 saturated carbocycles. The van der Waals surface area contributed by atoms with Gasteiger partial charge in [0.25, 0.3) is 5.91 Å². The highest BCUT2D eigenvalue weighted by atomic mass is 19.1. The number of benzene rings is 2. The quantitative estimate of drug-likeness (QED) is 0.423. The van der Waals surface area contributed by atoms with Crippen molar-refractivity contribution in [3.05, 3.63) is 53.7 Å². The molecule has 12 heteroatoms. The van der Waals surface area contributed by atoms with Crippen LogP contribution in [0.4, 0.5) is 26.1 Å². The third kappa shape index (κ3) is 5.98. The standard InChI is InChI=1S/C30H34F2N6O4/c1-5-38-24-14-21(34-30-33-15-23(32)27(35-30)22-7-6-20(31)13-25(22)41-4)12-19(28(24)42-17-26(38)39)16-36-8-10-37(11-9-36)29(40)18(2)3/h6-7,12-15,18H,5,8-11,16-17H2,1-4H3,(H,33,34,35). The minimum atomic E-state index is -0.692. The van der Waals surface area contributed by atoms with Crippen molar-refractivity contribution in [3.63, 3.8) is 0 Å². The zero-order valence-corrected chi connectivity index (χ0v) is 24.1. The lowest BCUT2D eigenvalue weighted by Gasteiger charge is -2.36. The Kier molecular flexibility index (Phi) is 8.53. The van der Waals surface area contributed by atoms with Gasteiger partial charge in [-0.25, -0.2) is 18.7 Å². The average Bonchev–Trinajstić information content (AvgIpc) is 2.98. The molecule has 0 radical (unpaired) electrons. The molecule has 2 aromatic carbocycles. The molecule has 1 fully saturated rings. The van der Waals surface area contributed by atoms with E-state index in [1.807, 2.05) is 31.7 Å². The first-order chi connectivity index (χ1) is 20.2. The smallest absolute Gasteiger partial charge is 0.265 e. The Bertz CT molecular complexity index is 1490. The number of carbonyl (C=O) groups excluding carboxylic acids is 2. The fourth-order valence-electron chi connectivity index (χ4n) is 5.26. The second-order valence-electron chi connectivity index (χ2n) is 10.5. The summed E-state index contributed by atoms with van der Waals surface area (Å²) in [6, 6.07) is 7.45. The van der Waals surface area contributed by atoms with Crippen LogP contribution < -0.4 is 19.7 Å². The lowest BCUT2D eigenvalue weighted by atomic mass is 10.1. The monoisotopic (exact) mass is 580 g/mol. The van der Waals surface area contributed by atoms with Crippen molar-refractivity contribution in [1.29, 1.82) is 0 Å². The van der Waals surface area contributed by atoms with E-state index in [0.29, 0.717) is 56.4 Å². The minimum Gasteiger partial charge on any atom is -0.496 e. The Hall–Kier alpha value is -4.32. The van der Waals surface area contributed by atoms with E-state index in [-0.39, 0.29) is 47.3 Å². The predicted octanol–water partition coefficient (Wildman–Crippen LogP) is 4.22. The van der Waals surface area contributed by atoms with E-state index >= 15 is 0 Å². The molecule has 10 nitrogen and oxygen atoms in total. The fourth-order valence-corrected chi connectivity index (χ4v) is 5.26.